The van der Waals surface area contributed by atoms with Gasteiger partial charge >= 0.3 is 11.9 Å². The topological polar surface area (TPSA) is 147 Å². The molecule has 0 radical (unpaired) electrons. The molecule has 4 rings (SSSR count). The summed E-state index contributed by atoms with van der Waals surface area (Å²) in [5.41, 5.74) is 2.94. The highest BCUT2D eigenvalue weighted by atomic mass is 16.4. The van der Waals surface area contributed by atoms with Crippen LogP contribution in [-0.4, -0.2) is 42.3 Å². The molecule has 4 aromatic rings. The second kappa shape index (κ2) is 7.75. The van der Waals surface area contributed by atoms with Crippen LogP contribution in [0.1, 0.15) is 11.4 Å². The number of fused-ring (bicyclic) bond motifs is 2. The normalized spacial score (nSPS) is 10.6. The molecule has 0 atom stereocenters. The molecule has 144 valence electrons. The molecule has 8 heteroatoms. The number of aromatic amines is 2. The molecule has 8 nitrogen and oxygen atoms in total. The molecule has 0 aliphatic carbocycles. The number of carboxylic acids is 2. The first kappa shape index (κ1) is 18.8. The first-order chi connectivity index (χ1) is 13.3. The third-order valence-corrected chi connectivity index (χ3v) is 4.00. The maximum absolute atomic E-state index is 10.4. The Hall–Kier alpha value is -3.94. The van der Waals surface area contributed by atoms with Gasteiger partial charge in [-0.25, -0.2) is 0 Å². The van der Waals surface area contributed by atoms with Gasteiger partial charge in [0.2, 0.25) is 0 Å². The number of H-pyrrole nitrogens is 2. The molecule has 0 aliphatic rings. The van der Waals surface area contributed by atoms with Gasteiger partial charge in [0.1, 0.15) is 11.5 Å². The van der Waals surface area contributed by atoms with Crippen LogP contribution in [0.15, 0.2) is 48.5 Å². The monoisotopic (exact) mass is 382 g/mol. The number of rotatable bonds is 4. The van der Waals surface area contributed by atoms with Crippen molar-refractivity contribution in [2.24, 2.45) is 0 Å². The van der Waals surface area contributed by atoms with Gasteiger partial charge in [-0.05, 0) is 48.5 Å². The van der Waals surface area contributed by atoms with Crippen LogP contribution in [0.3, 0.4) is 0 Å². The number of nitrogens with one attached hydrogen (secondary N) is 2. The van der Waals surface area contributed by atoms with Crippen molar-refractivity contribution in [3.8, 4) is 11.5 Å². The van der Waals surface area contributed by atoms with E-state index in [-0.39, 0.29) is 24.3 Å². The third kappa shape index (κ3) is 4.61. The van der Waals surface area contributed by atoms with Crippen molar-refractivity contribution in [2.75, 3.05) is 0 Å². The Labute approximate surface area is 158 Å². The molecule has 0 aliphatic heterocycles. The molecule has 0 saturated carbocycles. The lowest BCUT2D eigenvalue weighted by molar-refractivity contribution is -0.137. The Morgan fingerprint density at radius 1 is 0.679 bits per heavy atom. The molecular formula is C20H18N2O6. The number of phenols is 2. The SMILES string of the molecule is O=C(O)Cc1cc2cc(O)ccc2[nH]1.O=C(O)Cc1cc2cc(O)ccc2[nH]1. The summed E-state index contributed by atoms with van der Waals surface area (Å²) in [7, 11) is 0. The Morgan fingerprint density at radius 2 is 1.07 bits per heavy atom. The summed E-state index contributed by atoms with van der Waals surface area (Å²) >= 11 is 0. The van der Waals surface area contributed by atoms with Gasteiger partial charge in [-0.1, -0.05) is 0 Å². The van der Waals surface area contributed by atoms with E-state index in [4.69, 9.17) is 10.2 Å². The van der Waals surface area contributed by atoms with Crippen LogP contribution in [-0.2, 0) is 22.4 Å². The van der Waals surface area contributed by atoms with Crippen molar-refractivity contribution in [1.29, 1.82) is 0 Å². The maximum atomic E-state index is 10.4. The zero-order valence-corrected chi connectivity index (χ0v) is 14.6. The summed E-state index contributed by atoms with van der Waals surface area (Å²) in [6.07, 6.45) is -0.0646. The molecule has 2 aromatic carbocycles. The van der Waals surface area contributed by atoms with Gasteiger partial charge in [-0.3, -0.25) is 9.59 Å². The lowest BCUT2D eigenvalue weighted by atomic mass is 10.2. The Morgan fingerprint density at radius 3 is 1.43 bits per heavy atom. The van der Waals surface area contributed by atoms with E-state index in [0.29, 0.717) is 11.4 Å². The Kier molecular flexibility index (Phi) is 5.21. The number of aromatic hydroxyl groups is 2. The van der Waals surface area contributed by atoms with Gasteiger partial charge in [0.15, 0.2) is 0 Å². The molecule has 0 saturated heterocycles. The lowest BCUT2D eigenvalue weighted by Crippen LogP contribution is -1.99. The van der Waals surface area contributed by atoms with Crippen LogP contribution >= 0.6 is 0 Å². The molecule has 0 amide bonds. The Balaban J connectivity index is 0.000000161. The largest absolute Gasteiger partial charge is 0.508 e. The first-order valence-electron chi connectivity index (χ1n) is 8.35. The zero-order valence-electron chi connectivity index (χ0n) is 14.6. The fourth-order valence-corrected chi connectivity index (χ4v) is 2.88. The van der Waals surface area contributed by atoms with Gasteiger partial charge in [-0.15, -0.1) is 0 Å². The number of carboxylic acid groups (broad SMARTS) is 2. The summed E-state index contributed by atoms with van der Waals surface area (Å²) in [6, 6.07) is 13.2. The molecular weight excluding hydrogens is 364 g/mol. The highest BCUT2D eigenvalue weighted by molar-refractivity contribution is 5.84. The second-order valence-electron chi connectivity index (χ2n) is 6.27. The predicted molar refractivity (Wildman–Crippen MR) is 103 cm³/mol. The van der Waals surface area contributed by atoms with Crippen LogP contribution in [0, 0.1) is 0 Å². The van der Waals surface area contributed by atoms with Crippen LogP contribution in [0.25, 0.3) is 21.8 Å². The molecule has 0 spiro atoms. The lowest BCUT2D eigenvalue weighted by Gasteiger charge is -1.90. The minimum atomic E-state index is -0.874. The van der Waals surface area contributed by atoms with E-state index in [1.807, 2.05) is 0 Å². The third-order valence-electron chi connectivity index (χ3n) is 4.00. The van der Waals surface area contributed by atoms with Crippen LogP contribution < -0.4 is 0 Å². The molecule has 2 heterocycles. The average Bonchev–Trinajstić information content (AvgIpc) is 3.15. The summed E-state index contributed by atoms with van der Waals surface area (Å²) in [5, 5.41) is 37.2. The number of carbonyl (C=O) groups is 2. The van der Waals surface area contributed by atoms with Gasteiger partial charge in [0.05, 0.1) is 12.8 Å². The van der Waals surface area contributed by atoms with Crippen molar-refractivity contribution in [3.05, 3.63) is 59.9 Å². The minimum absolute atomic E-state index is 0.0323. The number of phenolic OH excluding ortho intramolecular Hbond substituents is 2. The number of aromatic nitrogens is 2. The number of hydrogen-bond donors (Lipinski definition) is 6. The van der Waals surface area contributed by atoms with E-state index in [1.165, 1.54) is 0 Å². The summed E-state index contributed by atoms with van der Waals surface area (Å²) in [5.74, 6) is -1.39. The second-order valence-corrected chi connectivity index (χ2v) is 6.27. The smallest absolute Gasteiger partial charge is 0.309 e. The maximum Gasteiger partial charge on any atom is 0.309 e. The van der Waals surface area contributed by atoms with Crippen LogP contribution in [0.5, 0.6) is 11.5 Å². The van der Waals surface area contributed by atoms with E-state index in [9.17, 15) is 19.8 Å². The fraction of sp³-hybridized carbons (Fsp3) is 0.100. The molecule has 0 bridgehead atoms. The highest BCUT2D eigenvalue weighted by Gasteiger charge is 2.06. The number of benzene rings is 2. The fourth-order valence-electron chi connectivity index (χ4n) is 2.88. The average molecular weight is 382 g/mol. The minimum Gasteiger partial charge on any atom is -0.508 e. The van der Waals surface area contributed by atoms with Gasteiger partial charge in [0, 0.05) is 33.2 Å². The van der Waals surface area contributed by atoms with E-state index < -0.39 is 11.9 Å². The molecule has 28 heavy (non-hydrogen) atoms. The Bertz CT molecular complexity index is 1070. The van der Waals surface area contributed by atoms with E-state index in [0.717, 1.165) is 21.8 Å². The van der Waals surface area contributed by atoms with E-state index in [2.05, 4.69) is 9.97 Å². The standard InChI is InChI=1S/2C10H9NO3/c2*12-8-1-2-9-6(4-8)3-7(11-9)5-10(13)14/h2*1-4,11-12H,5H2,(H,13,14). The number of aliphatic carboxylic acids is 2. The van der Waals surface area contributed by atoms with Crippen molar-refractivity contribution in [3.63, 3.8) is 0 Å². The van der Waals surface area contributed by atoms with Crippen molar-refractivity contribution < 1.29 is 30.0 Å². The van der Waals surface area contributed by atoms with Crippen LogP contribution in [0.2, 0.25) is 0 Å². The predicted octanol–water partition coefficient (Wildman–Crippen LogP) is 3.00. The van der Waals surface area contributed by atoms with Crippen molar-refractivity contribution in [2.45, 2.75) is 12.8 Å². The zero-order chi connectivity index (χ0) is 20.3. The quantitative estimate of drug-likeness (QED) is 0.320. The number of hydrogen-bond acceptors (Lipinski definition) is 4. The van der Waals surface area contributed by atoms with Gasteiger partial charge < -0.3 is 30.4 Å². The van der Waals surface area contributed by atoms with Gasteiger partial charge in [0.25, 0.3) is 0 Å². The highest BCUT2D eigenvalue weighted by Crippen LogP contribution is 2.21. The first-order valence-corrected chi connectivity index (χ1v) is 8.35. The molecule has 2 aromatic heterocycles. The van der Waals surface area contributed by atoms with E-state index in [1.54, 1.807) is 48.5 Å². The molecule has 6 N–H and O–H groups in total. The van der Waals surface area contributed by atoms with Gasteiger partial charge in [-0.2, -0.15) is 0 Å². The molecule has 0 unspecified atom stereocenters. The van der Waals surface area contributed by atoms with Crippen LogP contribution in [0.4, 0.5) is 0 Å². The summed E-state index contributed by atoms with van der Waals surface area (Å²) in [4.78, 5) is 26.8. The van der Waals surface area contributed by atoms with E-state index >= 15 is 0 Å². The summed E-state index contributed by atoms with van der Waals surface area (Å²) in [6.45, 7) is 0. The van der Waals surface area contributed by atoms with Crippen molar-refractivity contribution >= 4 is 33.7 Å². The summed E-state index contributed by atoms with van der Waals surface area (Å²) < 4.78 is 0. The van der Waals surface area contributed by atoms with Crippen molar-refractivity contribution in [1.82, 2.24) is 9.97 Å². The molecule has 0 fully saturated rings.